The second kappa shape index (κ2) is 3.90. The molecule has 4 heteroatoms. The van der Waals surface area contributed by atoms with Crippen LogP contribution < -0.4 is 0 Å². The largest absolute Gasteiger partial charge is 0.340 e. The maximum atomic E-state index is 4.16. The van der Waals surface area contributed by atoms with E-state index in [9.17, 15) is 0 Å². The second-order valence-corrected chi connectivity index (χ2v) is 2.68. The van der Waals surface area contributed by atoms with Crippen molar-refractivity contribution in [2.45, 2.75) is 6.92 Å². The van der Waals surface area contributed by atoms with Crippen molar-refractivity contribution in [2.75, 3.05) is 13.6 Å². The minimum Gasteiger partial charge on any atom is -0.340 e. The van der Waals surface area contributed by atoms with E-state index in [1.165, 1.54) is 0 Å². The smallest absolute Gasteiger partial charge is 0.101 e. The molecule has 0 aliphatic carbocycles. The first-order chi connectivity index (χ1) is 5.72. The van der Waals surface area contributed by atoms with Crippen molar-refractivity contribution in [2.24, 2.45) is 12.1 Å². The van der Waals surface area contributed by atoms with E-state index in [1.54, 1.807) is 12.5 Å². The summed E-state index contributed by atoms with van der Waals surface area (Å²) in [5.41, 5.74) is 0.887. The Kier molecular flexibility index (Phi) is 2.85. The summed E-state index contributed by atoms with van der Waals surface area (Å²) in [4.78, 5) is 4.11. The van der Waals surface area contributed by atoms with Crippen molar-refractivity contribution < 1.29 is 0 Å². The van der Waals surface area contributed by atoms with E-state index in [4.69, 9.17) is 0 Å². The van der Waals surface area contributed by atoms with E-state index in [1.807, 2.05) is 29.9 Å². The Hall–Kier alpha value is -1.32. The van der Waals surface area contributed by atoms with E-state index in [0.717, 1.165) is 12.2 Å². The average molecular weight is 166 g/mol. The van der Waals surface area contributed by atoms with Gasteiger partial charge in [-0.05, 0) is 6.92 Å². The Morgan fingerprint density at radius 3 is 3.00 bits per heavy atom. The lowest BCUT2D eigenvalue weighted by molar-refractivity contribution is 0.377. The van der Waals surface area contributed by atoms with Gasteiger partial charge < -0.3 is 9.58 Å². The average Bonchev–Trinajstić information content (AvgIpc) is 2.47. The van der Waals surface area contributed by atoms with Crippen LogP contribution in [0.4, 0.5) is 0 Å². The SMILES string of the molecule is CCN(C)/N=C/c1cn(C)cn1. The lowest BCUT2D eigenvalue weighted by Gasteiger charge is -2.06. The Morgan fingerprint density at radius 1 is 1.75 bits per heavy atom. The van der Waals surface area contributed by atoms with E-state index < -0.39 is 0 Å². The third-order valence-electron chi connectivity index (χ3n) is 1.57. The van der Waals surface area contributed by atoms with Crippen LogP contribution >= 0.6 is 0 Å². The number of rotatable bonds is 3. The Morgan fingerprint density at radius 2 is 2.50 bits per heavy atom. The molecule has 1 aromatic heterocycles. The van der Waals surface area contributed by atoms with Gasteiger partial charge in [0.15, 0.2) is 0 Å². The molecule has 4 nitrogen and oxygen atoms in total. The van der Waals surface area contributed by atoms with Gasteiger partial charge in [0.2, 0.25) is 0 Å². The summed E-state index contributed by atoms with van der Waals surface area (Å²) < 4.78 is 1.90. The van der Waals surface area contributed by atoms with Crippen LogP contribution in [0.15, 0.2) is 17.6 Å². The molecule has 0 aliphatic heterocycles. The van der Waals surface area contributed by atoms with E-state index in [2.05, 4.69) is 17.0 Å². The summed E-state index contributed by atoms with van der Waals surface area (Å²) >= 11 is 0. The molecule has 0 radical (unpaired) electrons. The number of imidazole rings is 1. The fourth-order valence-corrected chi connectivity index (χ4v) is 0.739. The standard InChI is InChI=1S/C8H14N4/c1-4-12(3)10-5-8-6-11(2)7-9-8/h5-7H,4H2,1-3H3/b10-5+. The normalized spacial score (nSPS) is 10.9. The van der Waals surface area contributed by atoms with Crippen molar-refractivity contribution in [3.63, 3.8) is 0 Å². The van der Waals surface area contributed by atoms with Gasteiger partial charge in [-0.2, -0.15) is 5.10 Å². The number of hydrogen-bond acceptors (Lipinski definition) is 3. The quantitative estimate of drug-likeness (QED) is 0.489. The first kappa shape index (κ1) is 8.77. The van der Waals surface area contributed by atoms with Gasteiger partial charge in [-0.15, -0.1) is 0 Å². The molecular weight excluding hydrogens is 152 g/mol. The highest BCUT2D eigenvalue weighted by Crippen LogP contribution is 1.90. The molecule has 0 amide bonds. The predicted octanol–water partition coefficient (Wildman–Crippen LogP) is 0.706. The Bertz CT molecular complexity index is 264. The molecule has 12 heavy (non-hydrogen) atoms. The maximum absolute atomic E-state index is 4.16. The molecule has 0 saturated carbocycles. The third kappa shape index (κ3) is 2.38. The first-order valence-electron chi connectivity index (χ1n) is 3.95. The summed E-state index contributed by atoms with van der Waals surface area (Å²) in [5, 5.41) is 6.01. The zero-order valence-electron chi connectivity index (χ0n) is 7.73. The van der Waals surface area contributed by atoms with Crippen molar-refractivity contribution >= 4 is 6.21 Å². The van der Waals surface area contributed by atoms with Crippen LogP contribution in [0, 0.1) is 0 Å². The molecule has 0 aliphatic rings. The molecule has 0 spiro atoms. The molecule has 0 saturated heterocycles. The van der Waals surface area contributed by atoms with Crippen LogP contribution in [0.3, 0.4) is 0 Å². The molecule has 1 aromatic rings. The lowest BCUT2D eigenvalue weighted by atomic mass is 10.5. The van der Waals surface area contributed by atoms with Gasteiger partial charge in [0, 0.05) is 26.8 Å². The van der Waals surface area contributed by atoms with Crippen molar-refractivity contribution in [1.82, 2.24) is 14.6 Å². The molecule has 0 unspecified atom stereocenters. The Balaban J connectivity index is 2.57. The minimum atomic E-state index is 0.887. The highest BCUT2D eigenvalue weighted by Gasteiger charge is 1.91. The van der Waals surface area contributed by atoms with Crippen LogP contribution in [-0.2, 0) is 7.05 Å². The van der Waals surface area contributed by atoms with Crippen LogP contribution in [-0.4, -0.2) is 34.4 Å². The van der Waals surface area contributed by atoms with Crippen molar-refractivity contribution in [3.05, 3.63) is 18.2 Å². The molecule has 0 bridgehead atoms. The molecule has 66 valence electrons. The second-order valence-electron chi connectivity index (χ2n) is 2.68. The number of hydrazone groups is 1. The van der Waals surface area contributed by atoms with E-state index in [-0.39, 0.29) is 0 Å². The van der Waals surface area contributed by atoms with Crippen LogP contribution in [0.25, 0.3) is 0 Å². The molecule has 0 N–H and O–H groups in total. The van der Waals surface area contributed by atoms with Gasteiger partial charge in [-0.1, -0.05) is 0 Å². The lowest BCUT2D eigenvalue weighted by Crippen LogP contribution is -2.09. The monoisotopic (exact) mass is 166 g/mol. The van der Waals surface area contributed by atoms with Gasteiger partial charge in [0.05, 0.1) is 12.5 Å². The van der Waals surface area contributed by atoms with Gasteiger partial charge in [0.25, 0.3) is 0 Å². The van der Waals surface area contributed by atoms with Crippen molar-refractivity contribution in [3.8, 4) is 0 Å². The molecule has 0 aromatic carbocycles. The van der Waals surface area contributed by atoms with E-state index in [0.29, 0.717) is 0 Å². The summed E-state index contributed by atoms with van der Waals surface area (Å²) in [6.45, 7) is 2.96. The van der Waals surface area contributed by atoms with Crippen molar-refractivity contribution in [1.29, 1.82) is 0 Å². The molecule has 0 fully saturated rings. The van der Waals surface area contributed by atoms with Gasteiger partial charge >= 0.3 is 0 Å². The highest BCUT2D eigenvalue weighted by atomic mass is 15.4. The number of nitrogens with zero attached hydrogens (tertiary/aromatic N) is 4. The van der Waals surface area contributed by atoms with Crippen LogP contribution in [0.2, 0.25) is 0 Å². The fourth-order valence-electron chi connectivity index (χ4n) is 0.739. The van der Waals surface area contributed by atoms with Crippen LogP contribution in [0.1, 0.15) is 12.6 Å². The zero-order chi connectivity index (χ0) is 8.97. The Labute approximate surface area is 72.5 Å². The molecule has 1 rings (SSSR count). The number of hydrogen-bond donors (Lipinski definition) is 0. The summed E-state index contributed by atoms with van der Waals surface area (Å²) in [7, 11) is 3.87. The minimum absolute atomic E-state index is 0.887. The molecule has 0 atom stereocenters. The highest BCUT2D eigenvalue weighted by molar-refractivity contribution is 5.76. The predicted molar refractivity (Wildman–Crippen MR) is 49.1 cm³/mol. The molecule has 1 heterocycles. The van der Waals surface area contributed by atoms with Gasteiger partial charge in [-0.25, -0.2) is 4.98 Å². The zero-order valence-corrected chi connectivity index (χ0v) is 7.73. The molecular formula is C8H14N4. The van der Waals surface area contributed by atoms with E-state index >= 15 is 0 Å². The summed E-state index contributed by atoms with van der Waals surface area (Å²) in [5.74, 6) is 0. The fraction of sp³-hybridized carbons (Fsp3) is 0.500. The number of aryl methyl sites for hydroxylation is 1. The number of aromatic nitrogens is 2. The summed E-state index contributed by atoms with van der Waals surface area (Å²) in [6, 6.07) is 0. The topological polar surface area (TPSA) is 33.4 Å². The first-order valence-corrected chi connectivity index (χ1v) is 3.95. The van der Waals surface area contributed by atoms with Crippen LogP contribution in [0.5, 0.6) is 0 Å². The van der Waals surface area contributed by atoms with Gasteiger partial charge in [0.1, 0.15) is 5.69 Å². The summed E-state index contributed by atoms with van der Waals surface area (Å²) in [6.07, 6.45) is 5.43. The van der Waals surface area contributed by atoms with Gasteiger partial charge in [-0.3, -0.25) is 0 Å². The maximum Gasteiger partial charge on any atom is 0.101 e. The third-order valence-corrected chi connectivity index (χ3v) is 1.57.